The molecule has 1 amide bonds. The van der Waals surface area contributed by atoms with Gasteiger partial charge in [-0.3, -0.25) is 4.79 Å². The summed E-state index contributed by atoms with van der Waals surface area (Å²) in [4.78, 5) is 28.4. The third kappa shape index (κ3) is 3.71. The van der Waals surface area contributed by atoms with Crippen molar-refractivity contribution in [2.24, 2.45) is 0 Å². The van der Waals surface area contributed by atoms with Crippen LogP contribution < -0.4 is 10.1 Å². The Hall–Kier alpha value is -2.89. The Bertz CT molecular complexity index is 772. The van der Waals surface area contributed by atoms with Crippen LogP contribution in [0.3, 0.4) is 0 Å². The zero-order chi connectivity index (χ0) is 17.7. The molecule has 2 aromatic rings. The first-order chi connectivity index (χ1) is 11.5. The molecule has 0 atom stereocenters. The molecule has 0 saturated heterocycles. The number of pyridine rings is 1. The molecule has 1 aromatic carbocycles. The molecule has 1 N–H and O–H groups in total. The van der Waals surface area contributed by atoms with Gasteiger partial charge in [0.05, 0.1) is 19.3 Å². The highest BCUT2D eigenvalue weighted by Crippen LogP contribution is 2.22. The second-order valence-corrected chi connectivity index (χ2v) is 5.20. The highest BCUT2D eigenvalue weighted by molar-refractivity contribution is 6.06. The van der Waals surface area contributed by atoms with Crippen LogP contribution in [0.5, 0.6) is 5.88 Å². The predicted octanol–water partition coefficient (Wildman–Crippen LogP) is 3.14. The number of ether oxygens (including phenoxy) is 2. The molecule has 24 heavy (non-hydrogen) atoms. The lowest BCUT2D eigenvalue weighted by Crippen LogP contribution is -2.15. The summed E-state index contributed by atoms with van der Waals surface area (Å²) in [5, 5.41) is 2.78. The molecule has 126 valence electrons. The van der Waals surface area contributed by atoms with Crippen molar-refractivity contribution in [3.05, 3.63) is 52.7 Å². The van der Waals surface area contributed by atoms with Crippen molar-refractivity contribution in [3.8, 4) is 5.88 Å². The minimum absolute atomic E-state index is 0.273. The Morgan fingerprint density at radius 3 is 2.62 bits per heavy atom. The van der Waals surface area contributed by atoms with Gasteiger partial charge in [-0.05, 0) is 56.2 Å². The number of nitrogens with zero attached hydrogens (tertiary/aromatic N) is 1. The van der Waals surface area contributed by atoms with Gasteiger partial charge in [-0.25, -0.2) is 9.78 Å². The van der Waals surface area contributed by atoms with E-state index in [1.54, 1.807) is 30.5 Å². The molecule has 0 saturated carbocycles. The Morgan fingerprint density at radius 2 is 1.96 bits per heavy atom. The van der Waals surface area contributed by atoms with E-state index in [1.807, 2.05) is 20.8 Å². The maximum Gasteiger partial charge on any atom is 0.338 e. The first-order valence-electron chi connectivity index (χ1n) is 7.56. The molecule has 0 fully saturated rings. The number of hydrogen-bond acceptors (Lipinski definition) is 5. The van der Waals surface area contributed by atoms with Crippen LogP contribution in [0.2, 0.25) is 0 Å². The van der Waals surface area contributed by atoms with Crippen LogP contribution in [0.4, 0.5) is 5.69 Å². The monoisotopic (exact) mass is 328 g/mol. The largest absolute Gasteiger partial charge is 0.477 e. The lowest BCUT2D eigenvalue weighted by molar-refractivity contribution is 0.0599. The lowest BCUT2D eigenvalue weighted by Gasteiger charge is -2.13. The number of carbonyl (C=O) groups excluding carboxylic acids is 2. The van der Waals surface area contributed by atoms with Crippen LogP contribution in [0.1, 0.15) is 38.8 Å². The Balaban J connectivity index is 2.33. The molecule has 6 heteroatoms. The molecular weight excluding hydrogens is 308 g/mol. The van der Waals surface area contributed by atoms with E-state index in [0.29, 0.717) is 23.4 Å². The van der Waals surface area contributed by atoms with Crippen molar-refractivity contribution in [3.63, 3.8) is 0 Å². The number of methoxy groups -OCH3 is 1. The Morgan fingerprint density at radius 1 is 1.21 bits per heavy atom. The summed E-state index contributed by atoms with van der Waals surface area (Å²) >= 11 is 0. The number of esters is 1. The van der Waals surface area contributed by atoms with Crippen LogP contribution in [0, 0.1) is 13.8 Å². The third-order valence-corrected chi connectivity index (χ3v) is 3.63. The summed E-state index contributed by atoms with van der Waals surface area (Å²) in [5.41, 5.74) is 2.96. The van der Waals surface area contributed by atoms with Crippen molar-refractivity contribution >= 4 is 17.6 Å². The fourth-order valence-electron chi connectivity index (χ4n) is 2.27. The minimum atomic E-state index is -0.442. The normalized spacial score (nSPS) is 10.2. The molecule has 0 spiro atoms. The summed E-state index contributed by atoms with van der Waals surface area (Å²) in [6.07, 6.45) is 1.56. The standard InChI is InChI=1S/C18H20N2O4/c1-5-24-17-14(7-6-8-19-17)16(21)20-13-9-11(2)12(3)15(10-13)18(22)23-4/h6-10H,5H2,1-4H3,(H,20,21). The van der Waals surface area contributed by atoms with E-state index in [2.05, 4.69) is 10.3 Å². The van der Waals surface area contributed by atoms with Crippen molar-refractivity contribution in [2.45, 2.75) is 20.8 Å². The summed E-state index contributed by atoms with van der Waals surface area (Å²) in [7, 11) is 1.33. The third-order valence-electron chi connectivity index (χ3n) is 3.63. The molecule has 0 aliphatic heterocycles. The molecule has 1 aromatic heterocycles. The molecular formula is C18H20N2O4. The molecule has 6 nitrogen and oxygen atoms in total. The average Bonchev–Trinajstić information content (AvgIpc) is 2.58. The van der Waals surface area contributed by atoms with E-state index < -0.39 is 5.97 Å². The number of amides is 1. The number of anilines is 1. The highest BCUT2D eigenvalue weighted by Gasteiger charge is 2.17. The van der Waals surface area contributed by atoms with Gasteiger partial charge in [-0.1, -0.05) is 0 Å². The maximum absolute atomic E-state index is 12.5. The number of aromatic nitrogens is 1. The summed E-state index contributed by atoms with van der Waals surface area (Å²) in [6.45, 7) is 5.93. The zero-order valence-electron chi connectivity index (χ0n) is 14.2. The van der Waals surface area contributed by atoms with Gasteiger partial charge < -0.3 is 14.8 Å². The van der Waals surface area contributed by atoms with Gasteiger partial charge in [0.15, 0.2) is 0 Å². The van der Waals surface area contributed by atoms with E-state index >= 15 is 0 Å². The van der Waals surface area contributed by atoms with Gasteiger partial charge in [0.25, 0.3) is 5.91 Å². The maximum atomic E-state index is 12.5. The second kappa shape index (κ2) is 7.59. The van der Waals surface area contributed by atoms with Gasteiger partial charge in [-0.15, -0.1) is 0 Å². The fourth-order valence-corrected chi connectivity index (χ4v) is 2.27. The van der Waals surface area contributed by atoms with E-state index in [1.165, 1.54) is 7.11 Å². The molecule has 0 aliphatic carbocycles. The number of benzene rings is 1. The highest BCUT2D eigenvalue weighted by atomic mass is 16.5. The molecule has 0 unspecified atom stereocenters. The minimum Gasteiger partial charge on any atom is -0.477 e. The van der Waals surface area contributed by atoms with Crippen molar-refractivity contribution < 1.29 is 19.1 Å². The van der Waals surface area contributed by atoms with Crippen LogP contribution in [0.25, 0.3) is 0 Å². The van der Waals surface area contributed by atoms with Crippen LogP contribution in [-0.4, -0.2) is 30.6 Å². The van der Waals surface area contributed by atoms with Crippen molar-refractivity contribution in [1.82, 2.24) is 4.98 Å². The van der Waals surface area contributed by atoms with Crippen molar-refractivity contribution in [2.75, 3.05) is 19.0 Å². The first kappa shape index (κ1) is 17.5. The quantitative estimate of drug-likeness (QED) is 0.853. The lowest BCUT2D eigenvalue weighted by atomic mass is 10.0. The summed E-state index contributed by atoms with van der Waals surface area (Å²) in [5.74, 6) is -0.525. The van der Waals surface area contributed by atoms with Gasteiger partial charge >= 0.3 is 5.97 Å². The number of nitrogens with one attached hydrogen (secondary N) is 1. The molecule has 0 bridgehead atoms. The van der Waals surface area contributed by atoms with E-state index in [9.17, 15) is 9.59 Å². The van der Waals surface area contributed by atoms with Crippen LogP contribution >= 0.6 is 0 Å². The summed E-state index contributed by atoms with van der Waals surface area (Å²) < 4.78 is 10.2. The molecule has 0 aliphatic rings. The van der Waals surface area contributed by atoms with Gasteiger partial charge in [0, 0.05) is 11.9 Å². The fraction of sp³-hybridized carbons (Fsp3) is 0.278. The summed E-state index contributed by atoms with van der Waals surface area (Å²) in [6, 6.07) is 6.70. The Labute approximate surface area is 140 Å². The first-order valence-corrected chi connectivity index (χ1v) is 7.56. The Kier molecular flexibility index (Phi) is 5.52. The smallest absolute Gasteiger partial charge is 0.338 e. The second-order valence-electron chi connectivity index (χ2n) is 5.20. The van der Waals surface area contributed by atoms with E-state index in [4.69, 9.17) is 9.47 Å². The number of carbonyl (C=O) groups is 2. The van der Waals surface area contributed by atoms with Crippen molar-refractivity contribution in [1.29, 1.82) is 0 Å². The predicted molar refractivity (Wildman–Crippen MR) is 90.6 cm³/mol. The van der Waals surface area contributed by atoms with Crippen LogP contribution in [0.15, 0.2) is 30.5 Å². The number of rotatable bonds is 5. The average molecular weight is 328 g/mol. The van der Waals surface area contributed by atoms with Gasteiger partial charge in [-0.2, -0.15) is 0 Å². The van der Waals surface area contributed by atoms with E-state index in [0.717, 1.165) is 11.1 Å². The van der Waals surface area contributed by atoms with E-state index in [-0.39, 0.29) is 11.8 Å². The topological polar surface area (TPSA) is 77.5 Å². The molecule has 1 heterocycles. The van der Waals surface area contributed by atoms with Gasteiger partial charge in [0.1, 0.15) is 5.56 Å². The van der Waals surface area contributed by atoms with Crippen LogP contribution in [-0.2, 0) is 4.74 Å². The number of hydrogen-bond donors (Lipinski definition) is 1. The molecule has 0 radical (unpaired) electrons. The zero-order valence-corrected chi connectivity index (χ0v) is 14.2. The molecule has 2 rings (SSSR count). The number of aryl methyl sites for hydroxylation is 1. The van der Waals surface area contributed by atoms with Gasteiger partial charge in [0.2, 0.25) is 5.88 Å². The SMILES string of the molecule is CCOc1ncccc1C(=O)Nc1cc(C)c(C)c(C(=O)OC)c1.